The van der Waals surface area contributed by atoms with E-state index in [0.717, 1.165) is 31.0 Å². The second-order valence-electron chi connectivity index (χ2n) is 4.40. The molecule has 2 rings (SSSR count). The molecular formula is C14H18ClNO2. The molecule has 0 saturated heterocycles. The number of allylic oxidation sites excluding steroid dienone is 1. The largest absolute Gasteiger partial charge is 0.496 e. The molecule has 2 atom stereocenters. The lowest BCUT2D eigenvalue weighted by atomic mass is 10.1. The van der Waals surface area contributed by atoms with Gasteiger partial charge in [0.25, 0.3) is 0 Å². The Kier molecular flexibility index (Phi) is 4.50. The fourth-order valence-electron chi connectivity index (χ4n) is 1.87. The van der Waals surface area contributed by atoms with E-state index in [4.69, 9.17) is 26.8 Å². The maximum atomic E-state index is 6.13. The normalized spacial score (nSPS) is 18.5. The van der Waals surface area contributed by atoms with E-state index in [1.54, 1.807) is 6.07 Å². The molecule has 1 aromatic carbocycles. The van der Waals surface area contributed by atoms with Gasteiger partial charge in [-0.15, -0.1) is 0 Å². The molecule has 1 heterocycles. The molecule has 1 aliphatic heterocycles. The molecule has 0 radical (unpaired) electrons. The van der Waals surface area contributed by atoms with Gasteiger partial charge < -0.3 is 15.2 Å². The fourth-order valence-corrected chi connectivity index (χ4v) is 2.05. The lowest BCUT2D eigenvalue weighted by Crippen LogP contribution is -2.39. The van der Waals surface area contributed by atoms with Gasteiger partial charge in [-0.05, 0) is 44.0 Å². The van der Waals surface area contributed by atoms with Crippen molar-refractivity contribution in [1.29, 1.82) is 0 Å². The number of halogens is 1. The molecule has 1 aliphatic rings. The van der Waals surface area contributed by atoms with Crippen LogP contribution in [0.15, 0.2) is 36.1 Å². The maximum absolute atomic E-state index is 6.13. The zero-order valence-corrected chi connectivity index (χ0v) is 11.2. The van der Waals surface area contributed by atoms with E-state index in [1.807, 2.05) is 31.2 Å². The SMILES string of the molecule is CC(Oc1cccc(Cl)c1)C(N)C1=CCCCO1. The van der Waals surface area contributed by atoms with Gasteiger partial charge in [0.1, 0.15) is 17.6 Å². The van der Waals surface area contributed by atoms with Gasteiger partial charge in [0.15, 0.2) is 0 Å². The minimum atomic E-state index is -0.246. The van der Waals surface area contributed by atoms with Crippen molar-refractivity contribution in [2.24, 2.45) is 5.73 Å². The van der Waals surface area contributed by atoms with Crippen LogP contribution in [-0.2, 0) is 4.74 Å². The smallest absolute Gasteiger partial charge is 0.121 e. The molecule has 0 amide bonds. The average Bonchev–Trinajstić information content (AvgIpc) is 2.39. The first-order valence-electron chi connectivity index (χ1n) is 6.17. The first kappa shape index (κ1) is 13.2. The summed E-state index contributed by atoms with van der Waals surface area (Å²) in [5, 5.41) is 0.654. The standard InChI is InChI=1S/C14H18ClNO2/c1-10(14(16)13-7-2-3-8-17-13)18-12-6-4-5-11(15)9-12/h4-7,9-10,14H,2-3,8,16H2,1H3. The van der Waals surface area contributed by atoms with E-state index in [9.17, 15) is 0 Å². The van der Waals surface area contributed by atoms with Crippen molar-refractivity contribution < 1.29 is 9.47 Å². The third kappa shape index (κ3) is 3.40. The monoisotopic (exact) mass is 267 g/mol. The Balaban J connectivity index is 1.98. The van der Waals surface area contributed by atoms with E-state index >= 15 is 0 Å². The molecule has 2 unspecified atom stereocenters. The Morgan fingerprint density at radius 2 is 2.28 bits per heavy atom. The molecule has 4 heteroatoms. The summed E-state index contributed by atoms with van der Waals surface area (Å²) in [4.78, 5) is 0. The summed E-state index contributed by atoms with van der Waals surface area (Å²) in [6.45, 7) is 2.67. The van der Waals surface area contributed by atoms with Crippen molar-refractivity contribution in [3.63, 3.8) is 0 Å². The molecule has 0 fully saturated rings. The van der Waals surface area contributed by atoms with Crippen LogP contribution in [0.5, 0.6) is 5.75 Å². The number of ether oxygens (including phenoxy) is 2. The summed E-state index contributed by atoms with van der Waals surface area (Å²) < 4.78 is 11.3. The molecule has 0 saturated carbocycles. The van der Waals surface area contributed by atoms with E-state index in [-0.39, 0.29) is 12.1 Å². The van der Waals surface area contributed by atoms with Gasteiger partial charge in [-0.1, -0.05) is 17.7 Å². The summed E-state index contributed by atoms with van der Waals surface area (Å²) in [6.07, 6.45) is 3.96. The summed E-state index contributed by atoms with van der Waals surface area (Å²) in [6, 6.07) is 7.06. The second kappa shape index (κ2) is 6.12. The second-order valence-corrected chi connectivity index (χ2v) is 4.84. The lowest BCUT2D eigenvalue weighted by Gasteiger charge is -2.26. The van der Waals surface area contributed by atoms with Crippen molar-refractivity contribution in [3.8, 4) is 5.75 Å². The first-order chi connectivity index (χ1) is 8.66. The molecule has 0 spiro atoms. The van der Waals surface area contributed by atoms with Crippen LogP contribution >= 0.6 is 11.6 Å². The lowest BCUT2D eigenvalue weighted by molar-refractivity contribution is 0.127. The van der Waals surface area contributed by atoms with Crippen LogP contribution < -0.4 is 10.5 Å². The van der Waals surface area contributed by atoms with Gasteiger partial charge in [-0.2, -0.15) is 0 Å². The van der Waals surface area contributed by atoms with Gasteiger partial charge in [-0.25, -0.2) is 0 Å². The highest BCUT2D eigenvalue weighted by Gasteiger charge is 2.21. The molecule has 2 N–H and O–H groups in total. The van der Waals surface area contributed by atoms with E-state index < -0.39 is 0 Å². The Morgan fingerprint density at radius 1 is 1.44 bits per heavy atom. The average molecular weight is 268 g/mol. The summed E-state index contributed by atoms with van der Waals surface area (Å²) in [5.74, 6) is 1.55. The molecule has 0 aliphatic carbocycles. The summed E-state index contributed by atoms with van der Waals surface area (Å²) in [7, 11) is 0. The minimum absolute atomic E-state index is 0.159. The van der Waals surface area contributed by atoms with Crippen LogP contribution in [0.4, 0.5) is 0 Å². The highest BCUT2D eigenvalue weighted by Crippen LogP contribution is 2.21. The third-order valence-corrected chi connectivity index (χ3v) is 3.15. The van der Waals surface area contributed by atoms with Crippen LogP contribution in [0.2, 0.25) is 5.02 Å². The van der Waals surface area contributed by atoms with Crippen LogP contribution in [0.1, 0.15) is 19.8 Å². The minimum Gasteiger partial charge on any atom is -0.496 e. The van der Waals surface area contributed by atoms with E-state index in [0.29, 0.717) is 5.02 Å². The number of benzene rings is 1. The topological polar surface area (TPSA) is 44.5 Å². The number of hydrogen-bond donors (Lipinski definition) is 1. The first-order valence-corrected chi connectivity index (χ1v) is 6.55. The van der Waals surface area contributed by atoms with Gasteiger partial charge in [0, 0.05) is 5.02 Å². The van der Waals surface area contributed by atoms with Crippen molar-refractivity contribution in [2.75, 3.05) is 6.61 Å². The molecule has 3 nitrogen and oxygen atoms in total. The van der Waals surface area contributed by atoms with Crippen LogP contribution in [0, 0.1) is 0 Å². The number of hydrogen-bond acceptors (Lipinski definition) is 3. The fraction of sp³-hybridized carbons (Fsp3) is 0.429. The molecule has 18 heavy (non-hydrogen) atoms. The van der Waals surface area contributed by atoms with Gasteiger partial charge in [-0.3, -0.25) is 0 Å². The molecule has 0 aromatic heterocycles. The molecular weight excluding hydrogens is 250 g/mol. The van der Waals surface area contributed by atoms with Crippen molar-refractivity contribution >= 4 is 11.6 Å². The van der Waals surface area contributed by atoms with E-state index in [1.165, 1.54) is 0 Å². The highest BCUT2D eigenvalue weighted by molar-refractivity contribution is 6.30. The van der Waals surface area contributed by atoms with Crippen molar-refractivity contribution in [3.05, 3.63) is 41.1 Å². The van der Waals surface area contributed by atoms with Crippen LogP contribution in [-0.4, -0.2) is 18.8 Å². The summed E-state index contributed by atoms with van der Waals surface area (Å²) in [5.41, 5.74) is 6.13. The van der Waals surface area contributed by atoms with Crippen molar-refractivity contribution in [2.45, 2.75) is 31.9 Å². The number of rotatable bonds is 4. The number of nitrogens with two attached hydrogens (primary N) is 1. The van der Waals surface area contributed by atoms with Crippen LogP contribution in [0.25, 0.3) is 0 Å². The Hall–Kier alpha value is -1.19. The molecule has 0 bridgehead atoms. The molecule has 1 aromatic rings. The molecule has 98 valence electrons. The Labute approximate surface area is 113 Å². The van der Waals surface area contributed by atoms with Gasteiger partial charge >= 0.3 is 0 Å². The zero-order valence-electron chi connectivity index (χ0n) is 10.4. The van der Waals surface area contributed by atoms with E-state index in [2.05, 4.69) is 0 Å². The van der Waals surface area contributed by atoms with Crippen molar-refractivity contribution in [1.82, 2.24) is 0 Å². The third-order valence-electron chi connectivity index (χ3n) is 2.92. The van der Waals surface area contributed by atoms with Gasteiger partial charge in [0.05, 0.1) is 12.6 Å². The quantitative estimate of drug-likeness (QED) is 0.912. The highest BCUT2D eigenvalue weighted by atomic mass is 35.5. The Morgan fingerprint density at radius 3 is 2.94 bits per heavy atom. The maximum Gasteiger partial charge on any atom is 0.121 e. The zero-order chi connectivity index (χ0) is 13.0. The summed E-state index contributed by atoms with van der Waals surface area (Å²) >= 11 is 5.91. The predicted octanol–water partition coefficient (Wildman–Crippen LogP) is 3.13. The van der Waals surface area contributed by atoms with Crippen LogP contribution in [0.3, 0.4) is 0 Å². The Bertz CT molecular complexity index is 434. The predicted molar refractivity (Wildman–Crippen MR) is 72.8 cm³/mol. The van der Waals surface area contributed by atoms with Gasteiger partial charge in [0.2, 0.25) is 0 Å².